The van der Waals surface area contributed by atoms with E-state index >= 15 is 0 Å². The Balaban J connectivity index is 1.77. The van der Waals surface area contributed by atoms with Crippen molar-refractivity contribution in [2.45, 2.75) is 25.5 Å². The molecule has 0 saturated carbocycles. The van der Waals surface area contributed by atoms with Crippen LogP contribution in [0.3, 0.4) is 0 Å². The molecule has 0 spiro atoms. The van der Waals surface area contributed by atoms with Gasteiger partial charge in [-0.3, -0.25) is 4.79 Å². The molecule has 0 fully saturated rings. The zero-order chi connectivity index (χ0) is 21.7. The molecule has 7 nitrogen and oxygen atoms in total. The molecule has 30 heavy (non-hydrogen) atoms. The number of aryl methyl sites for hydroxylation is 2. The number of anilines is 1. The lowest BCUT2D eigenvalue weighted by Gasteiger charge is -2.08. The van der Waals surface area contributed by atoms with Gasteiger partial charge in [0, 0.05) is 17.5 Å². The number of nitrogens with zero attached hydrogens (tertiary/aromatic N) is 3. The third-order valence-electron chi connectivity index (χ3n) is 4.34. The Labute approximate surface area is 183 Å². The lowest BCUT2D eigenvalue weighted by Crippen LogP contribution is -2.16. The molecule has 1 N–H and O–H groups in total. The number of rotatable bonds is 8. The van der Waals surface area contributed by atoms with Gasteiger partial charge in [0.1, 0.15) is 16.4 Å². The monoisotopic (exact) mass is 442 g/mol. The van der Waals surface area contributed by atoms with Crippen molar-refractivity contribution in [1.82, 2.24) is 14.8 Å². The van der Waals surface area contributed by atoms with Gasteiger partial charge in [0.2, 0.25) is 5.91 Å². The minimum atomic E-state index is -0.490. The first-order valence-corrected chi connectivity index (χ1v) is 11.0. The van der Waals surface area contributed by atoms with E-state index in [1.807, 2.05) is 48.1 Å². The Kier molecular flexibility index (Phi) is 7.07. The second-order valence-corrected chi connectivity index (χ2v) is 8.30. The van der Waals surface area contributed by atoms with E-state index in [0.29, 0.717) is 22.3 Å². The molecule has 0 bridgehead atoms. The van der Waals surface area contributed by atoms with Crippen LogP contribution in [0.25, 0.3) is 11.1 Å². The Morgan fingerprint density at radius 3 is 2.67 bits per heavy atom. The van der Waals surface area contributed by atoms with Crippen molar-refractivity contribution >= 4 is 40.0 Å². The van der Waals surface area contributed by atoms with Gasteiger partial charge in [-0.05, 0) is 19.4 Å². The number of thiophene rings is 1. The van der Waals surface area contributed by atoms with Crippen molar-refractivity contribution in [1.29, 1.82) is 0 Å². The molecule has 0 unspecified atom stereocenters. The molecule has 1 aromatic carbocycles. The zero-order valence-corrected chi connectivity index (χ0v) is 18.6. The number of esters is 1. The third-order valence-corrected chi connectivity index (χ3v) is 6.20. The van der Waals surface area contributed by atoms with Gasteiger partial charge in [-0.15, -0.1) is 28.1 Å². The van der Waals surface area contributed by atoms with Gasteiger partial charge in [0.05, 0.1) is 12.9 Å². The number of allylic oxidation sites excluding steroid dienone is 1. The SMILES string of the molecule is C=CCn1c(C)nnc1SCC(=O)Nc1scc(-c2ccc(C)cc2)c1C(=O)OC. The number of methoxy groups -OCH3 is 1. The van der Waals surface area contributed by atoms with E-state index in [-0.39, 0.29) is 11.7 Å². The van der Waals surface area contributed by atoms with Crippen LogP contribution in [0.5, 0.6) is 0 Å². The summed E-state index contributed by atoms with van der Waals surface area (Å²) >= 11 is 2.57. The van der Waals surface area contributed by atoms with Gasteiger partial charge in [-0.1, -0.05) is 47.7 Å². The van der Waals surface area contributed by atoms with Gasteiger partial charge in [0.25, 0.3) is 0 Å². The highest BCUT2D eigenvalue weighted by atomic mass is 32.2. The van der Waals surface area contributed by atoms with Crippen LogP contribution >= 0.6 is 23.1 Å². The second-order valence-electron chi connectivity index (χ2n) is 6.48. The van der Waals surface area contributed by atoms with E-state index in [1.165, 1.54) is 30.2 Å². The Morgan fingerprint density at radius 1 is 1.27 bits per heavy atom. The summed E-state index contributed by atoms with van der Waals surface area (Å²) in [5, 5.41) is 13.9. The van der Waals surface area contributed by atoms with Crippen LogP contribution in [0, 0.1) is 13.8 Å². The normalized spacial score (nSPS) is 10.6. The summed E-state index contributed by atoms with van der Waals surface area (Å²) in [5.41, 5.74) is 3.10. The first-order valence-electron chi connectivity index (χ1n) is 9.14. The molecule has 3 aromatic rings. The summed E-state index contributed by atoms with van der Waals surface area (Å²) in [7, 11) is 1.33. The lowest BCUT2D eigenvalue weighted by molar-refractivity contribution is -0.113. The fourth-order valence-electron chi connectivity index (χ4n) is 2.80. The van der Waals surface area contributed by atoms with E-state index in [0.717, 1.165) is 22.5 Å². The van der Waals surface area contributed by atoms with Crippen molar-refractivity contribution < 1.29 is 14.3 Å². The summed E-state index contributed by atoms with van der Waals surface area (Å²) in [5.74, 6) is 0.157. The van der Waals surface area contributed by atoms with Crippen molar-refractivity contribution in [2.75, 3.05) is 18.2 Å². The van der Waals surface area contributed by atoms with Gasteiger partial charge >= 0.3 is 5.97 Å². The number of carbonyl (C=O) groups excluding carboxylic acids is 2. The topological polar surface area (TPSA) is 86.1 Å². The predicted molar refractivity (Wildman–Crippen MR) is 120 cm³/mol. The lowest BCUT2D eigenvalue weighted by atomic mass is 10.0. The molecular formula is C21H22N4O3S2. The van der Waals surface area contributed by atoms with E-state index in [2.05, 4.69) is 22.1 Å². The molecule has 3 rings (SSSR count). The molecule has 156 valence electrons. The van der Waals surface area contributed by atoms with Gasteiger partial charge in [-0.25, -0.2) is 4.79 Å². The standard InChI is InChI=1S/C21H22N4O3S2/c1-5-10-25-14(3)23-24-21(25)30-12-17(26)22-19-18(20(27)28-4)16(11-29-19)15-8-6-13(2)7-9-15/h5-9,11H,1,10,12H2,2-4H3,(H,22,26). The molecule has 0 saturated heterocycles. The molecule has 2 aromatic heterocycles. The summed E-state index contributed by atoms with van der Waals surface area (Å²) < 4.78 is 6.84. The van der Waals surface area contributed by atoms with Crippen LogP contribution in [0.1, 0.15) is 21.7 Å². The molecule has 0 aliphatic carbocycles. The van der Waals surface area contributed by atoms with E-state index in [4.69, 9.17) is 4.74 Å². The number of aromatic nitrogens is 3. The molecule has 0 aliphatic heterocycles. The number of thioether (sulfide) groups is 1. The highest BCUT2D eigenvalue weighted by Crippen LogP contribution is 2.36. The molecule has 0 aliphatic rings. The number of nitrogens with one attached hydrogen (secondary N) is 1. The maximum atomic E-state index is 12.6. The quantitative estimate of drug-likeness (QED) is 0.318. The van der Waals surface area contributed by atoms with Crippen molar-refractivity contribution in [3.63, 3.8) is 0 Å². The average molecular weight is 443 g/mol. The largest absolute Gasteiger partial charge is 0.465 e. The highest BCUT2D eigenvalue weighted by molar-refractivity contribution is 7.99. The number of hydrogen-bond acceptors (Lipinski definition) is 7. The van der Waals surface area contributed by atoms with Crippen LogP contribution in [0.2, 0.25) is 0 Å². The van der Waals surface area contributed by atoms with Crippen molar-refractivity contribution in [2.24, 2.45) is 0 Å². The Hall–Kier alpha value is -2.91. The maximum Gasteiger partial charge on any atom is 0.341 e. The number of benzene rings is 1. The minimum absolute atomic E-state index is 0.133. The number of carbonyl (C=O) groups is 2. The van der Waals surface area contributed by atoms with E-state index in [9.17, 15) is 9.59 Å². The highest BCUT2D eigenvalue weighted by Gasteiger charge is 2.22. The smallest absolute Gasteiger partial charge is 0.341 e. The number of amides is 1. The van der Waals surface area contributed by atoms with Crippen LogP contribution in [-0.4, -0.2) is 39.5 Å². The minimum Gasteiger partial charge on any atom is -0.465 e. The summed E-state index contributed by atoms with van der Waals surface area (Å²) in [4.78, 5) is 25.0. The first kappa shape index (κ1) is 21.8. The summed E-state index contributed by atoms with van der Waals surface area (Å²) in [6.07, 6.45) is 1.75. The predicted octanol–water partition coefficient (Wildman–Crippen LogP) is 4.33. The molecule has 0 atom stereocenters. The van der Waals surface area contributed by atoms with Crippen LogP contribution in [0.15, 0.2) is 47.5 Å². The maximum absolute atomic E-state index is 12.6. The number of ether oxygens (including phenoxy) is 1. The molecule has 2 heterocycles. The molecule has 9 heteroatoms. The van der Waals surface area contributed by atoms with Crippen molar-refractivity contribution in [3.05, 3.63) is 59.3 Å². The molecular weight excluding hydrogens is 420 g/mol. The number of hydrogen-bond donors (Lipinski definition) is 1. The fourth-order valence-corrected chi connectivity index (χ4v) is 4.57. The van der Waals surface area contributed by atoms with Crippen LogP contribution < -0.4 is 5.32 Å². The Morgan fingerprint density at radius 2 is 2.00 bits per heavy atom. The van der Waals surface area contributed by atoms with Gasteiger partial charge in [0.15, 0.2) is 5.16 Å². The van der Waals surface area contributed by atoms with E-state index < -0.39 is 5.97 Å². The molecule has 1 amide bonds. The molecule has 0 radical (unpaired) electrons. The summed E-state index contributed by atoms with van der Waals surface area (Å²) in [6, 6.07) is 7.84. The first-order chi connectivity index (χ1) is 14.4. The van der Waals surface area contributed by atoms with Gasteiger partial charge < -0.3 is 14.6 Å². The second kappa shape index (κ2) is 9.73. The average Bonchev–Trinajstić information content (AvgIpc) is 3.30. The van der Waals surface area contributed by atoms with Gasteiger partial charge in [-0.2, -0.15) is 0 Å². The third kappa shape index (κ3) is 4.80. The van der Waals surface area contributed by atoms with Crippen LogP contribution in [0.4, 0.5) is 5.00 Å². The van der Waals surface area contributed by atoms with E-state index in [1.54, 1.807) is 6.08 Å². The van der Waals surface area contributed by atoms with Crippen molar-refractivity contribution in [3.8, 4) is 11.1 Å². The zero-order valence-electron chi connectivity index (χ0n) is 17.0. The fraction of sp³-hybridized carbons (Fsp3) is 0.238. The van der Waals surface area contributed by atoms with Crippen LogP contribution in [-0.2, 0) is 16.1 Å². The summed E-state index contributed by atoms with van der Waals surface area (Å²) in [6.45, 7) is 8.15. The Bertz CT molecular complexity index is 1070.